The molecule has 1 atom stereocenters. The molecule has 3 heteroatoms. The van der Waals surface area contributed by atoms with Crippen molar-refractivity contribution in [3.63, 3.8) is 0 Å². The van der Waals surface area contributed by atoms with Crippen LogP contribution in [0.2, 0.25) is 0 Å². The summed E-state index contributed by atoms with van der Waals surface area (Å²) >= 11 is 1.72. The van der Waals surface area contributed by atoms with Crippen LogP contribution in [0.1, 0.15) is 36.6 Å². The van der Waals surface area contributed by atoms with Gasteiger partial charge in [0.25, 0.3) is 0 Å². The van der Waals surface area contributed by atoms with Crippen LogP contribution in [0.15, 0.2) is 11.4 Å². The third-order valence-electron chi connectivity index (χ3n) is 3.09. The van der Waals surface area contributed by atoms with Crippen LogP contribution in [0.4, 0.5) is 0 Å². The summed E-state index contributed by atoms with van der Waals surface area (Å²) in [6, 6.07) is 2.20. The third kappa shape index (κ3) is 1.79. The summed E-state index contributed by atoms with van der Waals surface area (Å²) in [5, 5.41) is 2.06. The van der Waals surface area contributed by atoms with Crippen LogP contribution >= 0.6 is 11.3 Å². The lowest BCUT2D eigenvalue weighted by atomic mass is 9.97. The fourth-order valence-electron chi connectivity index (χ4n) is 2.25. The molecule has 2 rings (SSSR count). The number of hydrogen-bond donors (Lipinski definition) is 1. The molecule has 0 aliphatic heterocycles. The predicted molar refractivity (Wildman–Crippen MR) is 59.8 cm³/mol. The predicted octanol–water partition coefficient (Wildman–Crippen LogP) is 2.95. The second-order valence-corrected chi connectivity index (χ2v) is 4.87. The molecule has 0 saturated heterocycles. The zero-order valence-electron chi connectivity index (χ0n) is 8.53. The van der Waals surface area contributed by atoms with Crippen molar-refractivity contribution < 1.29 is 4.74 Å². The molecule has 1 heterocycles. The van der Waals surface area contributed by atoms with Gasteiger partial charge in [-0.2, -0.15) is 0 Å². The summed E-state index contributed by atoms with van der Waals surface area (Å²) in [4.78, 5) is 1.22. The molecule has 78 valence electrons. The summed E-state index contributed by atoms with van der Waals surface area (Å²) in [5.41, 5.74) is 6.25. The first-order valence-corrected chi connectivity index (χ1v) is 6.08. The highest BCUT2D eigenvalue weighted by Gasteiger charge is 2.26. The van der Waals surface area contributed by atoms with Gasteiger partial charge < -0.3 is 10.5 Å². The first kappa shape index (κ1) is 9.99. The highest BCUT2D eigenvalue weighted by atomic mass is 32.1. The zero-order chi connectivity index (χ0) is 9.97. The average molecular weight is 211 g/mol. The van der Waals surface area contributed by atoms with E-state index in [2.05, 4.69) is 5.38 Å². The fourth-order valence-corrected chi connectivity index (χ4v) is 3.21. The van der Waals surface area contributed by atoms with Crippen molar-refractivity contribution in [2.45, 2.75) is 31.7 Å². The van der Waals surface area contributed by atoms with Crippen molar-refractivity contribution in [1.29, 1.82) is 0 Å². The van der Waals surface area contributed by atoms with Gasteiger partial charge in [0, 0.05) is 6.04 Å². The molecule has 1 aliphatic carbocycles. The molecule has 1 aromatic heterocycles. The van der Waals surface area contributed by atoms with Gasteiger partial charge in [-0.05, 0) is 30.2 Å². The van der Waals surface area contributed by atoms with E-state index in [1.165, 1.54) is 30.6 Å². The second-order valence-electron chi connectivity index (χ2n) is 3.92. The topological polar surface area (TPSA) is 35.2 Å². The van der Waals surface area contributed by atoms with Crippen molar-refractivity contribution in [3.05, 3.63) is 16.3 Å². The molecule has 0 radical (unpaired) electrons. The quantitative estimate of drug-likeness (QED) is 0.834. The van der Waals surface area contributed by atoms with Gasteiger partial charge in [0.1, 0.15) is 5.75 Å². The van der Waals surface area contributed by atoms with E-state index in [1.54, 1.807) is 18.4 Å². The molecule has 2 N–H and O–H groups in total. The Morgan fingerprint density at radius 1 is 1.50 bits per heavy atom. The van der Waals surface area contributed by atoms with Gasteiger partial charge in [-0.3, -0.25) is 0 Å². The van der Waals surface area contributed by atoms with Crippen molar-refractivity contribution in [1.82, 2.24) is 0 Å². The van der Waals surface area contributed by atoms with Crippen LogP contribution in [-0.2, 0) is 0 Å². The first-order valence-electron chi connectivity index (χ1n) is 5.20. The number of rotatable bonds is 3. The number of hydrogen-bond acceptors (Lipinski definition) is 3. The van der Waals surface area contributed by atoms with Crippen LogP contribution in [-0.4, -0.2) is 7.11 Å². The average Bonchev–Trinajstić information content (AvgIpc) is 2.87. The van der Waals surface area contributed by atoms with E-state index in [0.717, 1.165) is 5.75 Å². The van der Waals surface area contributed by atoms with Gasteiger partial charge >= 0.3 is 0 Å². The van der Waals surface area contributed by atoms with E-state index < -0.39 is 0 Å². The molecular weight excluding hydrogens is 194 g/mol. The Kier molecular flexibility index (Phi) is 3.08. The molecule has 1 aliphatic rings. The normalized spacial score (nSPS) is 19.9. The maximum Gasteiger partial charge on any atom is 0.134 e. The Hall–Kier alpha value is -0.540. The van der Waals surface area contributed by atoms with Crippen molar-refractivity contribution in [3.8, 4) is 5.75 Å². The maximum absolute atomic E-state index is 6.25. The molecule has 0 amide bonds. The molecule has 1 saturated carbocycles. The summed E-state index contributed by atoms with van der Waals surface area (Å²) in [6.07, 6.45) is 5.24. The van der Waals surface area contributed by atoms with Crippen LogP contribution in [0.5, 0.6) is 5.75 Å². The van der Waals surface area contributed by atoms with Gasteiger partial charge in [0.2, 0.25) is 0 Å². The van der Waals surface area contributed by atoms with E-state index in [-0.39, 0.29) is 6.04 Å². The van der Waals surface area contributed by atoms with E-state index in [9.17, 15) is 0 Å². The molecular formula is C11H17NOS. The highest BCUT2D eigenvalue weighted by molar-refractivity contribution is 7.10. The first-order chi connectivity index (χ1) is 6.83. The van der Waals surface area contributed by atoms with E-state index in [4.69, 9.17) is 10.5 Å². The van der Waals surface area contributed by atoms with Crippen LogP contribution in [0.3, 0.4) is 0 Å². The van der Waals surface area contributed by atoms with Crippen LogP contribution in [0.25, 0.3) is 0 Å². The van der Waals surface area contributed by atoms with Gasteiger partial charge in [-0.15, -0.1) is 11.3 Å². The molecule has 2 nitrogen and oxygen atoms in total. The van der Waals surface area contributed by atoms with Crippen molar-refractivity contribution in [2.75, 3.05) is 7.11 Å². The number of nitrogens with two attached hydrogens (primary N) is 1. The van der Waals surface area contributed by atoms with Gasteiger partial charge in [-0.25, -0.2) is 0 Å². The zero-order valence-corrected chi connectivity index (χ0v) is 9.35. The summed E-state index contributed by atoms with van der Waals surface area (Å²) in [7, 11) is 1.72. The number of thiophene rings is 1. The van der Waals surface area contributed by atoms with Crippen LogP contribution < -0.4 is 10.5 Å². The van der Waals surface area contributed by atoms with E-state index in [1.807, 2.05) is 6.07 Å². The monoisotopic (exact) mass is 211 g/mol. The maximum atomic E-state index is 6.25. The largest absolute Gasteiger partial charge is 0.496 e. The third-order valence-corrected chi connectivity index (χ3v) is 4.09. The Bertz CT molecular complexity index is 291. The lowest BCUT2D eigenvalue weighted by molar-refractivity contribution is 0.391. The summed E-state index contributed by atoms with van der Waals surface area (Å²) < 4.78 is 5.30. The molecule has 1 unspecified atom stereocenters. The second kappa shape index (κ2) is 4.32. The Labute approximate surface area is 89.1 Å². The molecule has 0 spiro atoms. The smallest absolute Gasteiger partial charge is 0.134 e. The lowest BCUT2D eigenvalue weighted by Gasteiger charge is -2.18. The van der Waals surface area contributed by atoms with Gasteiger partial charge in [-0.1, -0.05) is 12.8 Å². The van der Waals surface area contributed by atoms with Crippen molar-refractivity contribution in [2.24, 2.45) is 11.7 Å². The molecule has 14 heavy (non-hydrogen) atoms. The molecule has 0 bridgehead atoms. The minimum Gasteiger partial charge on any atom is -0.496 e. The van der Waals surface area contributed by atoms with Crippen LogP contribution in [0, 0.1) is 5.92 Å². The lowest BCUT2D eigenvalue weighted by Crippen LogP contribution is -2.18. The minimum absolute atomic E-state index is 0.187. The van der Waals surface area contributed by atoms with Crippen molar-refractivity contribution >= 4 is 11.3 Å². The Morgan fingerprint density at radius 2 is 2.21 bits per heavy atom. The minimum atomic E-state index is 0.187. The molecule has 1 fully saturated rings. The van der Waals surface area contributed by atoms with Gasteiger partial charge in [0.15, 0.2) is 0 Å². The number of ether oxygens (including phenoxy) is 1. The number of methoxy groups -OCH3 is 1. The molecule has 1 aromatic rings. The summed E-state index contributed by atoms with van der Waals surface area (Å²) in [5.74, 6) is 1.64. The fraction of sp³-hybridized carbons (Fsp3) is 0.636. The Morgan fingerprint density at radius 3 is 2.86 bits per heavy atom. The summed E-state index contributed by atoms with van der Waals surface area (Å²) in [6.45, 7) is 0. The SMILES string of the molecule is COc1ccsc1C(N)C1CCCC1. The van der Waals surface area contributed by atoms with Gasteiger partial charge in [0.05, 0.1) is 12.0 Å². The molecule has 0 aromatic carbocycles. The van der Waals surface area contributed by atoms with E-state index >= 15 is 0 Å². The van der Waals surface area contributed by atoms with E-state index in [0.29, 0.717) is 5.92 Å². The Balaban J connectivity index is 2.12. The standard InChI is InChI=1S/C11H17NOS/c1-13-9-6-7-14-11(9)10(12)8-4-2-3-5-8/h6-8,10H,2-5,12H2,1H3. The highest BCUT2D eigenvalue weighted by Crippen LogP contribution is 2.39.